The van der Waals surface area contributed by atoms with Crippen molar-refractivity contribution in [3.8, 4) is 0 Å². The van der Waals surface area contributed by atoms with Crippen LogP contribution in [0.2, 0.25) is 0 Å². The highest BCUT2D eigenvalue weighted by atomic mass is 32.2. The summed E-state index contributed by atoms with van der Waals surface area (Å²) in [4.78, 5) is 2.44. The molecule has 0 aliphatic carbocycles. The largest absolute Gasteiger partial charge is 0.398 e. The summed E-state index contributed by atoms with van der Waals surface area (Å²) in [7, 11) is -2.11. The van der Waals surface area contributed by atoms with Crippen LogP contribution in [0.25, 0.3) is 0 Å². The highest BCUT2D eigenvalue weighted by Crippen LogP contribution is 2.31. The summed E-state index contributed by atoms with van der Waals surface area (Å²) < 4.78 is 25.9. The van der Waals surface area contributed by atoms with E-state index in [4.69, 9.17) is 5.73 Å². The van der Waals surface area contributed by atoms with Crippen LogP contribution in [0.1, 0.15) is 26.7 Å². The molecule has 0 spiro atoms. The highest BCUT2D eigenvalue weighted by Gasteiger charge is 2.24. The molecule has 1 saturated heterocycles. The predicted molar refractivity (Wildman–Crippen MR) is 82.3 cm³/mol. The summed E-state index contributed by atoms with van der Waals surface area (Å²) >= 11 is 0. The number of sulfonamides is 1. The van der Waals surface area contributed by atoms with Crippen molar-refractivity contribution in [3.63, 3.8) is 0 Å². The van der Waals surface area contributed by atoms with E-state index >= 15 is 0 Å². The molecule has 0 saturated carbocycles. The second-order valence-electron chi connectivity index (χ2n) is 5.60. The zero-order valence-corrected chi connectivity index (χ0v) is 13.1. The number of nitrogen functional groups attached to an aromatic ring is 1. The van der Waals surface area contributed by atoms with Gasteiger partial charge in [0.2, 0.25) is 10.0 Å². The number of rotatable bonds is 3. The van der Waals surface area contributed by atoms with Gasteiger partial charge in [-0.05, 0) is 50.9 Å². The van der Waals surface area contributed by atoms with Gasteiger partial charge in [0.05, 0.1) is 5.69 Å². The molecule has 0 amide bonds. The molecule has 5 nitrogen and oxygen atoms in total. The van der Waals surface area contributed by atoms with Gasteiger partial charge in [0.1, 0.15) is 4.90 Å². The molecule has 3 N–H and O–H groups in total. The van der Waals surface area contributed by atoms with E-state index in [1.54, 1.807) is 12.1 Å². The summed E-state index contributed by atoms with van der Waals surface area (Å²) in [6.07, 6.45) is 2.30. The molecule has 2 rings (SSSR count). The maximum atomic E-state index is 11.8. The van der Waals surface area contributed by atoms with Gasteiger partial charge in [0.15, 0.2) is 0 Å². The predicted octanol–water partition coefficient (Wildman–Crippen LogP) is 1.80. The first kappa shape index (κ1) is 15.1. The van der Waals surface area contributed by atoms with Crippen molar-refractivity contribution in [2.24, 2.45) is 5.92 Å². The van der Waals surface area contributed by atoms with Gasteiger partial charge in [0, 0.05) is 18.3 Å². The van der Waals surface area contributed by atoms with Gasteiger partial charge < -0.3 is 10.6 Å². The highest BCUT2D eigenvalue weighted by molar-refractivity contribution is 7.89. The molecule has 2 unspecified atom stereocenters. The fraction of sp³-hybridized carbons (Fsp3) is 0.571. The third-order valence-electron chi connectivity index (χ3n) is 4.02. The fourth-order valence-corrected chi connectivity index (χ4v) is 3.70. The number of hydrogen-bond acceptors (Lipinski definition) is 4. The van der Waals surface area contributed by atoms with Crippen LogP contribution in [0.3, 0.4) is 0 Å². The standard InChI is InChI=1S/C14H23N3O2S/c1-10-6-7-17(11(2)8-10)12-4-5-14(13(15)9-12)20(18,19)16-3/h4-5,9-11,16H,6-8,15H2,1-3H3. The maximum absolute atomic E-state index is 11.8. The first-order chi connectivity index (χ1) is 9.35. The lowest BCUT2D eigenvalue weighted by molar-refractivity contribution is 0.378. The van der Waals surface area contributed by atoms with E-state index in [2.05, 4.69) is 23.5 Å². The van der Waals surface area contributed by atoms with Gasteiger partial charge in [0.25, 0.3) is 0 Å². The summed E-state index contributed by atoms with van der Waals surface area (Å²) in [5, 5.41) is 0. The normalized spacial score (nSPS) is 23.9. The molecule has 1 aliphatic heterocycles. The summed E-state index contributed by atoms with van der Waals surface area (Å²) in [6, 6.07) is 5.63. The van der Waals surface area contributed by atoms with Crippen LogP contribution >= 0.6 is 0 Å². The summed E-state index contributed by atoms with van der Waals surface area (Å²) in [5.41, 5.74) is 7.21. The minimum atomic E-state index is -3.49. The molecule has 0 aromatic heterocycles. The minimum absolute atomic E-state index is 0.141. The Hall–Kier alpha value is -1.27. The number of nitrogens with zero attached hydrogens (tertiary/aromatic N) is 1. The van der Waals surface area contributed by atoms with Crippen molar-refractivity contribution in [2.75, 3.05) is 24.2 Å². The molecule has 1 aromatic rings. The van der Waals surface area contributed by atoms with E-state index in [0.29, 0.717) is 11.7 Å². The molecule has 112 valence electrons. The Balaban J connectivity index is 2.30. The molecule has 20 heavy (non-hydrogen) atoms. The Bertz CT molecular complexity index is 586. The van der Waals surface area contributed by atoms with Crippen LogP contribution in [0.4, 0.5) is 11.4 Å². The Morgan fingerprint density at radius 2 is 2.05 bits per heavy atom. The average molecular weight is 297 g/mol. The molecule has 1 aromatic carbocycles. The number of anilines is 2. The van der Waals surface area contributed by atoms with E-state index in [1.165, 1.54) is 7.05 Å². The first-order valence-electron chi connectivity index (χ1n) is 6.95. The second kappa shape index (κ2) is 5.61. The lowest BCUT2D eigenvalue weighted by Crippen LogP contribution is -2.40. The van der Waals surface area contributed by atoms with Crippen LogP contribution < -0.4 is 15.4 Å². The van der Waals surface area contributed by atoms with Crippen LogP contribution in [0.5, 0.6) is 0 Å². The molecule has 1 fully saturated rings. The van der Waals surface area contributed by atoms with Gasteiger partial charge >= 0.3 is 0 Å². The molecule has 2 atom stereocenters. The molecule has 6 heteroatoms. The smallest absolute Gasteiger partial charge is 0.242 e. The van der Waals surface area contributed by atoms with Gasteiger partial charge in [-0.2, -0.15) is 0 Å². The van der Waals surface area contributed by atoms with E-state index in [-0.39, 0.29) is 4.90 Å². The second-order valence-corrected chi connectivity index (χ2v) is 7.46. The summed E-state index contributed by atoms with van der Waals surface area (Å²) in [5.74, 6) is 0.738. The van der Waals surface area contributed by atoms with Crippen molar-refractivity contribution >= 4 is 21.4 Å². The van der Waals surface area contributed by atoms with E-state index < -0.39 is 10.0 Å². The lowest BCUT2D eigenvalue weighted by Gasteiger charge is -2.38. The molecular formula is C14H23N3O2S. The zero-order valence-electron chi connectivity index (χ0n) is 12.3. The third-order valence-corrected chi connectivity index (χ3v) is 5.51. The van der Waals surface area contributed by atoms with Crippen molar-refractivity contribution in [1.82, 2.24) is 4.72 Å². The van der Waals surface area contributed by atoms with Crippen LogP contribution in [-0.2, 0) is 10.0 Å². The van der Waals surface area contributed by atoms with Gasteiger partial charge in [-0.25, -0.2) is 13.1 Å². The van der Waals surface area contributed by atoms with Crippen LogP contribution in [0, 0.1) is 5.92 Å². The summed E-state index contributed by atoms with van der Waals surface area (Å²) in [6.45, 7) is 5.45. The molecular weight excluding hydrogens is 274 g/mol. The topological polar surface area (TPSA) is 75.4 Å². The number of hydrogen-bond donors (Lipinski definition) is 2. The number of nitrogens with two attached hydrogens (primary N) is 1. The lowest BCUT2D eigenvalue weighted by atomic mass is 9.93. The van der Waals surface area contributed by atoms with E-state index in [1.807, 2.05) is 6.07 Å². The third kappa shape index (κ3) is 2.91. The first-order valence-corrected chi connectivity index (χ1v) is 8.43. The molecule has 1 aliphatic rings. The Morgan fingerprint density at radius 1 is 1.35 bits per heavy atom. The number of nitrogens with one attached hydrogen (secondary N) is 1. The van der Waals surface area contributed by atoms with Gasteiger partial charge in [-0.3, -0.25) is 0 Å². The Labute approximate surface area is 121 Å². The SMILES string of the molecule is CNS(=O)(=O)c1ccc(N2CCC(C)CC2C)cc1N. The number of piperidine rings is 1. The Morgan fingerprint density at radius 3 is 2.60 bits per heavy atom. The van der Waals surface area contributed by atoms with Gasteiger partial charge in [-0.1, -0.05) is 6.92 Å². The minimum Gasteiger partial charge on any atom is -0.398 e. The van der Waals surface area contributed by atoms with Crippen molar-refractivity contribution in [1.29, 1.82) is 0 Å². The van der Waals surface area contributed by atoms with Crippen molar-refractivity contribution < 1.29 is 8.42 Å². The zero-order chi connectivity index (χ0) is 14.9. The van der Waals surface area contributed by atoms with Crippen LogP contribution in [-0.4, -0.2) is 28.1 Å². The number of benzene rings is 1. The maximum Gasteiger partial charge on any atom is 0.242 e. The molecule has 0 bridgehead atoms. The monoisotopic (exact) mass is 297 g/mol. The average Bonchev–Trinajstić information content (AvgIpc) is 2.38. The van der Waals surface area contributed by atoms with Gasteiger partial charge in [-0.15, -0.1) is 0 Å². The molecule has 1 heterocycles. The Kier molecular flexibility index (Phi) is 4.25. The van der Waals surface area contributed by atoms with Crippen LogP contribution in [0.15, 0.2) is 23.1 Å². The van der Waals surface area contributed by atoms with E-state index in [9.17, 15) is 8.42 Å². The van der Waals surface area contributed by atoms with Crippen molar-refractivity contribution in [3.05, 3.63) is 18.2 Å². The molecule has 0 radical (unpaired) electrons. The fourth-order valence-electron chi connectivity index (χ4n) is 2.86. The quantitative estimate of drug-likeness (QED) is 0.834. The van der Waals surface area contributed by atoms with Crippen molar-refractivity contribution in [2.45, 2.75) is 37.6 Å². The van der Waals surface area contributed by atoms with E-state index in [0.717, 1.165) is 31.0 Å².